The van der Waals surface area contributed by atoms with E-state index in [-0.39, 0.29) is 49.8 Å². The minimum absolute atomic E-state index is 0. The number of amides is 1. The highest BCUT2D eigenvalue weighted by Crippen LogP contribution is 2.44. The number of fused-ring (bicyclic) bond motifs is 1. The molecule has 5 atom stereocenters. The second-order valence-corrected chi connectivity index (χ2v) is 8.33. The number of allylic oxidation sites excluding steroid dienone is 1. The van der Waals surface area contributed by atoms with Gasteiger partial charge in [-0.3, -0.25) is 14.4 Å². The van der Waals surface area contributed by atoms with E-state index in [2.05, 4.69) is 0 Å². The molecule has 1 amide bonds. The summed E-state index contributed by atoms with van der Waals surface area (Å²) < 4.78 is 21.3. The number of primary amides is 1. The van der Waals surface area contributed by atoms with Gasteiger partial charge in [-0.05, 0) is 24.0 Å². The lowest BCUT2D eigenvalue weighted by Crippen LogP contribution is -3.00. The van der Waals surface area contributed by atoms with E-state index in [0.29, 0.717) is 12.0 Å². The van der Waals surface area contributed by atoms with Gasteiger partial charge in [-0.25, -0.2) is 4.79 Å². The third-order valence-corrected chi connectivity index (χ3v) is 5.88. The maximum Gasteiger partial charge on any atom is 0.337 e. The second kappa shape index (κ2) is 14.6. The van der Waals surface area contributed by atoms with Crippen LogP contribution in [0.3, 0.4) is 0 Å². The molecule has 1 aliphatic carbocycles. The third kappa shape index (κ3) is 8.19. The van der Waals surface area contributed by atoms with E-state index < -0.39 is 54.0 Å². The van der Waals surface area contributed by atoms with E-state index in [1.165, 1.54) is 13.4 Å². The highest BCUT2D eigenvalue weighted by molar-refractivity contribution is 5.89. The standard InChI is InChI=1S/C24H29N3O8.2ClH/c1-32-21(29)16-12-34-24(35-23(31)17(25)9-13-5-3-2-4-6-13)20-14(7-8-15(16)20)11-33-22(30)18(26)10-19(27)28;;/h2-7,12,15,17-18,20,24H,8-11,25-26H2,1H3,(H2,27,28);2*1H/p-1/t15-,17+,18+,20-,24+;;/m1../s1. The zero-order valence-corrected chi connectivity index (χ0v) is 21.6. The summed E-state index contributed by atoms with van der Waals surface area (Å²) >= 11 is 0. The first-order chi connectivity index (χ1) is 16.7. The first-order valence-electron chi connectivity index (χ1n) is 11.0. The first-order valence-corrected chi connectivity index (χ1v) is 11.0. The largest absolute Gasteiger partial charge is 1.00 e. The van der Waals surface area contributed by atoms with Crippen LogP contribution in [0.5, 0.6) is 0 Å². The van der Waals surface area contributed by atoms with Gasteiger partial charge in [-0.2, -0.15) is 0 Å². The molecule has 0 fully saturated rings. The van der Waals surface area contributed by atoms with E-state index in [1.54, 1.807) is 6.08 Å². The number of ether oxygens (including phenoxy) is 4. The van der Waals surface area contributed by atoms with Crippen molar-refractivity contribution in [1.29, 1.82) is 0 Å². The fourth-order valence-electron chi connectivity index (χ4n) is 4.11. The fraction of sp³-hybridized carbons (Fsp3) is 0.417. The number of hydrogen-bond acceptors (Lipinski definition) is 10. The highest BCUT2D eigenvalue weighted by atomic mass is 35.5. The molecule has 13 heteroatoms. The van der Waals surface area contributed by atoms with Crippen LogP contribution in [-0.2, 0) is 44.5 Å². The summed E-state index contributed by atoms with van der Waals surface area (Å²) in [5.74, 6) is -3.86. The Morgan fingerprint density at radius 3 is 2.38 bits per heavy atom. The molecule has 0 bridgehead atoms. The van der Waals surface area contributed by atoms with Gasteiger partial charge < -0.3 is 48.6 Å². The highest BCUT2D eigenvalue weighted by Gasteiger charge is 2.46. The van der Waals surface area contributed by atoms with E-state index in [9.17, 15) is 19.2 Å². The molecule has 0 aromatic heterocycles. The van der Waals surface area contributed by atoms with E-state index >= 15 is 0 Å². The molecule has 0 radical (unpaired) electrons. The fourth-order valence-corrected chi connectivity index (χ4v) is 4.11. The van der Waals surface area contributed by atoms with Crippen molar-refractivity contribution in [3.8, 4) is 0 Å². The SMILES string of the molecule is COC(=O)C1=CO[C@@H](OC(=O)[C@@H](N)Cc2ccccc2)[C@@H]2C(COC(=O)[C@@H](N)CC(N)=O)=CC[C@H]12.Cl.[Cl-]. The van der Waals surface area contributed by atoms with E-state index in [0.717, 1.165) is 5.56 Å². The molecular formula is C24H30Cl2N3O8-. The number of esters is 3. The van der Waals surface area contributed by atoms with Gasteiger partial charge in [0.05, 0.1) is 31.3 Å². The monoisotopic (exact) mass is 558 g/mol. The molecule has 0 saturated heterocycles. The van der Waals surface area contributed by atoms with Crippen LogP contribution in [-0.4, -0.2) is 55.9 Å². The van der Waals surface area contributed by atoms with Crippen molar-refractivity contribution in [2.45, 2.75) is 37.6 Å². The zero-order chi connectivity index (χ0) is 25.5. The number of carbonyl (C=O) groups excluding carboxylic acids is 4. The number of hydrogen-bond donors (Lipinski definition) is 3. The summed E-state index contributed by atoms with van der Waals surface area (Å²) in [6.45, 7) is -0.200. The number of rotatable bonds is 10. The molecule has 3 rings (SSSR count). The van der Waals surface area contributed by atoms with Crippen molar-refractivity contribution in [3.63, 3.8) is 0 Å². The van der Waals surface area contributed by atoms with Crippen molar-refractivity contribution < 1.29 is 50.5 Å². The van der Waals surface area contributed by atoms with E-state index in [4.69, 9.17) is 36.1 Å². The Morgan fingerprint density at radius 2 is 1.76 bits per heavy atom. The molecule has 1 aromatic rings. The molecule has 204 valence electrons. The van der Waals surface area contributed by atoms with Crippen LogP contribution in [0.25, 0.3) is 0 Å². The van der Waals surface area contributed by atoms with Crippen LogP contribution in [0.2, 0.25) is 0 Å². The Kier molecular flexibility index (Phi) is 12.6. The number of methoxy groups -OCH3 is 1. The Balaban J connectivity index is 0.00000342. The average Bonchev–Trinajstić information content (AvgIpc) is 3.26. The molecule has 1 heterocycles. The summed E-state index contributed by atoms with van der Waals surface area (Å²) in [7, 11) is 1.25. The normalized spacial score (nSPS) is 21.2. The van der Waals surface area contributed by atoms with Crippen LogP contribution in [0, 0.1) is 11.8 Å². The lowest BCUT2D eigenvalue weighted by molar-refractivity contribution is -0.184. The zero-order valence-electron chi connectivity index (χ0n) is 20.0. The molecule has 2 aliphatic rings. The maximum absolute atomic E-state index is 12.7. The summed E-state index contributed by atoms with van der Waals surface area (Å²) in [6.07, 6.45) is 2.20. The lowest BCUT2D eigenvalue weighted by atomic mass is 9.83. The minimum atomic E-state index is -1.21. The van der Waals surface area contributed by atoms with Crippen LogP contribution < -0.4 is 29.6 Å². The van der Waals surface area contributed by atoms with Gasteiger partial charge in [0.25, 0.3) is 6.29 Å². The number of benzene rings is 1. The topological polar surface area (TPSA) is 183 Å². The summed E-state index contributed by atoms with van der Waals surface area (Å²) in [4.78, 5) is 48.1. The van der Waals surface area contributed by atoms with Gasteiger partial charge in [-0.1, -0.05) is 36.4 Å². The summed E-state index contributed by atoms with van der Waals surface area (Å²) in [5.41, 5.74) is 18.5. The van der Waals surface area contributed by atoms with Crippen molar-refractivity contribution in [1.82, 2.24) is 0 Å². The van der Waals surface area contributed by atoms with Crippen LogP contribution in [0.15, 0.2) is 53.8 Å². The molecule has 0 saturated carbocycles. The van der Waals surface area contributed by atoms with Crippen LogP contribution in [0.1, 0.15) is 18.4 Å². The first kappa shape index (κ1) is 31.9. The summed E-state index contributed by atoms with van der Waals surface area (Å²) in [5, 5.41) is 0. The molecule has 11 nitrogen and oxygen atoms in total. The molecule has 1 aliphatic heterocycles. The minimum Gasteiger partial charge on any atom is -1.00 e. The Labute approximate surface area is 226 Å². The van der Waals surface area contributed by atoms with E-state index in [1.807, 2.05) is 30.3 Å². The molecule has 37 heavy (non-hydrogen) atoms. The third-order valence-electron chi connectivity index (χ3n) is 5.88. The van der Waals surface area contributed by atoms with Gasteiger partial charge in [-0.15, -0.1) is 12.4 Å². The van der Waals surface area contributed by atoms with Gasteiger partial charge in [0.15, 0.2) is 0 Å². The smallest absolute Gasteiger partial charge is 0.337 e. The Hall–Kier alpha value is -3.12. The number of halogens is 2. The predicted molar refractivity (Wildman–Crippen MR) is 129 cm³/mol. The van der Waals surface area contributed by atoms with Crippen LogP contribution >= 0.6 is 12.4 Å². The van der Waals surface area contributed by atoms with Gasteiger partial charge in [0.2, 0.25) is 5.91 Å². The van der Waals surface area contributed by atoms with Gasteiger partial charge in [0.1, 0.15) is 18.7 Å². The summed E-state index contributed by atoms with van der Waals surface area (Å²) in [6, 6.07) is 7.09. The van der Waals surface area contributed by atoms with Crippen LogP contribution in [0.4, 0.5) is 0 Å². The van der Waals surface area contributed by atoms with Crippen molar-refractivity contribution in [3.05, 3.63) is 59.4 Å². The lowest BCUT2D eigenvalue weighted by Gasteiger charge is -2.34. The van der Waals surface area contributed by atoms with Crippen molar-refractivity contribution in [2.75, 3.05) is 13.7 Å². The molecule has 6 N–H and O–H groups in total. The number of nitrogens with two attached hydrogens (primary N) is 3. The quantitative estimate of drug-likeness (QED) is 0.154. The van der Waals surface area contributed by atoms with Crippen molar-refractivity contribution >= 4 is 36.2 Å². The molecule has 0 unspecified atom stereocenters. The number of carbonyl (C=O) groups is 4. The predicted octanol–water partition coefficient (Wildman–Crippen LogP) is -2.75. The van der Waals surface area contributed by atoms with Crippen molar-refractivity contribution in [2.24, 2.45) is 29.0 Å². The van der Waals surface area contributed by atoms with Gasteiger partial charge >= 0.3 is 17.9 Å². The maximum atomic E-state index is 12.7. The molecule has 1 aromatic carbocycles. The Bertz CT molecular complexity index is 1030. The van der Waals surface area contributed by atoms with Gasteiger partial charge in [0, 0.05) is 5.92 Å². The second-order valence-electron chi connectivity index (χ2n) is 8.33. The molecular weight excluding hydrogens is 529 g/mol. The Morgan fingerprint density at radius 1 is 1.08 bits per heavy atom. The average molecular weight is 559 g/mol. The molecule has 0 spiro atoms.